The van der Waals surface area contributed by atoms with Gasteiger partial charge in [0.15, 0.2) is 0 Å². The topological polar surface area (TPSA) is 90.1 Å². The van der Waals surface area contributed by atoms with Gasteiger partial charge >= 0.3 is 0 Å². The molecule has 0 atom stereocenters. The molecular formula is C15H17BrN4O2. The number of ether oxygens (including phenoxy) is 1. The van der Waals surface area contributed by atoms with E-state index in [-0.39, 0.29) is 11.9 Å². The van der Waals surface area contributed by atoms with Gasteiger partial charge < -0.3 is 15.8 Å². The van der Waals surface area contributed by atoms with E-state index in [4.69, 9.17) is 10.5 Å². The number of carbonyl (C=O) groups excluding carboxylic acids is 1. The second-order valence-electron chi connectivity index (χ2n) is 4.60. The summed E-state index contributed by atoms with van der Waals surface area (Å²) in [4.78, 5) is 20.6. The van der Waals surface area contributed by atoms with Gasteiger partial charge in [0.1, 0.15) is 5.75 Å². The molecule has 0 fully saturated rings. The second kappa shape index (κ2) is 6.74. The molecule has 22 heavy (non-hydrogen) atoms. The Labute approximate surface area is 137 Å². The Kier molecular flexibility index (Phi) is 4.97. The van der Waals surface area contributed by atoms with Crippen molar-refractivity contribution in [2.24, 2.45) is 0 Å². The zero-order valence-electron chi connectivity index (χ0n) is 12.6. The number of nitrogens with zero attached hydrogens (tertiary/aromatic N) is 2. The fourth-order valence-electron chi connectivity index (χ4n) is 2.14. The standard InChI is InChI=1S/C15H17BrN4O2/c1-4-18-14(21)12-8(2)19-15(17)20-13(12)9-5-6-11(22-3)10(16)7-9/h5-7H,4H2,1-3H3,(H,18,21)(H2,17,19,20). The third-order valence-electron chi connectivity index (χ3n) is 3.10. The predicted molar refractivity (Wildman–Crippen MR) is 88.9 cm³/mol. The second-order valence-corrected chi connectivity index (χ2v) is 5.45. The number of benzene rings is 1. The van der Waals surface area contributed by atoms with Crippen LogP contribution in [0.5, 0.6) is 5.75 Å². The number of halogens is 1. The summed E-state index contributed by atoms with van der Waals surface area (Å²) >= 11 is 3.43. The molecule has 0 bridgehead atoms. The Balaban J connectivity index is 2.63. The number of nitrogens with one attached hydrogen (secondary N) is 1. The zero-order valence-corrected chi connectivity index (χ0v) is 14.2. The van der Waals surface area contributed by atoms with Crippen molar-refractivity contribution in [2.75, 3.05) is 19.4 Å². The van der Waals surface area contributed by atoms with Gasteiger partial charge in [-0.2, -0.15) is 0 Å². The summed E-state index contributed by atoms with van der Waals surface area (Å²) in [7, 11) is 1.59. The summed E-state index contributed by atoms with van der Waals surface area (Å²) in [5.41, 5.74) is 7.96. The summed E-state index contributed by atoms with van der Waals surface area (Å²) in [5, 5.41) is 2.77. The van der Waals surface area contributed by atoms with Crippen LogP contribution in [0.1, 0.15) is 23.0 Å². The average Bonchev–Trinajstić information content (AvgIpc) is 2.46. The number of nitrogens with two attached hydrogens (primary N) is 1. The van der Waals surface area contributed by atoms with Gasteiger partial charge in [-0.15, -0.1) is 0 Å². The van der Waals surface area contributed by atoms with Crippen LogP contribution in [0.3, 0.4) is 0 Å². The molecule has 1 amide bonds. The molecule has 0 saturated carbocycles. The van der Waals surface area contributed by atoms with E-state index in [0.717, 1.165) is 10.0 Å². The van der Waals surface area contributed by atoms with Gasteiger partial charge in [0.05, 0.1) is 28.5 Å². The molecule has 0 unspecified atom stereocenters. The Morgan fingerprint density at radius 3 is 2.73 bits per heavy atom. The van der Waals surface area contributed by atoms with Crippen LogP contribution in [0.4, 0.5) is 5.95 Å². The van der Waals surface area contributed by atoms with E-state index in [1.54, 1.807) is 20.1 Å². The molecule has 116 valence electrons. The number of amides is 1. The Bertz CT molecular complexity index is 719. The van der Waals surface area contributed by atoms with Crippen molar-refractivity contribution >= 4 is 27.8 Å². The van der Waals surface area contributed by atoms with Crippen molar-refractivity contribution in [1.82, 2.24) is 15.3 Å². The minimum Gasteiger partial charge on any atom is -0.496 e. The molecule has 0 aliphatic heterocycles. The van der Waals surface area contributed by atoms with Gasteiger partial charge in [-0.1, -0.05) is 0 Å². The molecule has 0 aliphatic carbocycles. The van der Waals surface area contributed by atoms with Gasteiger partial charge in [0.25, 0.3) is 5.91 Å². The molecule has 1 aromatic heterocycles. The van der Waals surface area contributed by atoms with Crippen LogP contribution >= 0.6 is 15.9 Å². The van der Waals surface area contributed by atoms with Crippen molar-refractivity contribution in [3.8, 4) is 17.0 Å². The molecule has 0 radical (unpaired) electrons. The molecular weight excluding hydrogens is 348 g/mol. The fourth-order valence-corrected chi connectivity index (χ4v) is 2.68. The first kappa shape index (κ1) is 16.2. The predicted octanol–water partition coefficient (Wildman–Crippen LogP) is 2.56. The lowest BCUT2D eigenvalue weighted by Gasteiger charge is -2.13. The molecule has 1 heterocycles. The van der Waals surface area contributed by atoms with Crippen molar-refractivity contribution in [3.05, 3.63) is 33.9 Å². The number of aryl methyl sites for hydroxylation is 1. The third kappa shape index (κ3) is 3.19. The maximum absolute atomic E-state index is 12.3. The summed E-state index contributed by atoms with van der Waals surface area (Å²) < 4.78 is 5.98. The van der Waals surface area contributed by atoms with Crippen LogP contribution in [0.2, 0.25) is 0 Å². The van der Waals surface area contributed by atoms with Gasteiger partial charge in [-0.3, -0.25) is 4.79 Å². The highest BCUT2D eigenvalue weighted by atomic mass is 79.9. The first-order valence-corrected chi connectivity index (χ1v) is 7.53. The van der Waals surface area contributed by atoms with E-state index in [1.165, 1.54) is 0 Å². The maximum Gasteiger partial charge on any atom is 0.255 e. The van der Waals surface area contributed by atoms with Crippen LogP contribution < -0.4 is 15.8 Å². The highest BCUT2D eigenvalue weighted by Crippen LogP contribution is 2.32. The fraction of sp³-hybridized carbons (Fsp3) is 0.267. The minimum atomic E-state index is -0.220. The lowest BCUT2D eigenvalue weighted by atomic mass is 10.0. The zero-order chi connectivity index (χ0) is 16.3. The van der Waals surface area contributed by atoms with Crippen LogP contribution in [0.25, 0.3) is 11.3 Å². The number of hydrogen-bond acceptors (Lipinski definition) is 5. The Morgan fingerprint density at radius 1 is 1.41 bits per heavy atom. The van der Waals surface area contributed by atoms with Crippen molar-refractivity contribution in [3.63, 3.8) is 0 Å². The van der Waals surface area contributed by atoms with E-state index >= 15 is 0 Å². The number of methoxy groups -OCH3 is 1. The Morgan fingerprint density at radius 2 is 2.14 bits per heavy atom. The summed E-state index contributed by atoms with van der Waals surface area (Å²) in [6.07, 6.45) is 0. The first-order chi connectivity index (χ1) is 10.5. The van der Waals surface area contributed by atoms with Gasteiger partial charge in [-0.05, 0) is 48.0 Å². The molecule has 0 spiro atoms. The largest absolute Gasteiger partial charge is 0.496 e. The van der Waals surface area contributed by atoms with Crippen LogP contribution in [-0.2, 0) is 0 Å². The van der Waals surface area contributed by atoms with Gasteiger partial charge in [0.2, 0.25) is 5.95 Å². The first-order valence-electron chi connectivity index (χ1n) is 6.74. The number of anilines is 1. The van der Waals surface area contributed by atoms with E-state index < -0.39 is 0 Å². The lowest BCUT2D eigenvalue weighted by molar-refractivity contribution is 0.0955. The quantitative estimate of drug-likeness (QED) is 0.869. The van der Waals surface area contributed by atoms with Crippen molar-refractivity contribution in [1.29, 1.82) is 0 Å². The molecule has 0 saturated heterocycles. The van der Waals surface area contributed by atoms with Gasteiger partial charge in [-0.25, -0.2) is 9.97 Å². The molecule has 6 nitrogen and oxygen atoms in total. The molecule has 2 rings (SSSR count). The van der Waals surface area contributed by atoms with E-state index in [0.29, 0.717) is 29.2 Å². The summed E-state index contributed by atoms with van der Waals surface area (Å²) in [6, 6.07) is 5.46. The summed E-state index contributed by atoms with van der Waals surface area (Å²) in [6.45, 7) is 4.12. The number of rotatable bonds is 4. The molecule has 2 aromatic rings. The SMILES string of the molecule is CCNC(=O)c1c(C)nc(N)nc1-c1ccc(OC)c(Br)c1. The molecule has 0 aliphatic rings. The number of hydrogen-bond donors (Lipinski definition) is 2. The van der Waals surface area contributed by atoms with E-state index in [1.807, 2.05) is 19.1 Å². The van der Waals surface area contributed by atoms with Crippen LogP contribution in [-0.4, -0.2) is 29.5 Å². The minimum absolute atomic E-state index is 0.132. The van der Waals surface area contributed by atoms with E-state index in [2.05, 4.69) is 31.2 Å². The highest BCUT2D eigenvalue weighted by Gasteiger charge is 2.19. The molecule has 3 N–H and O–H groups in total. The smallest absolute Gasteiger partial charge is 0.255 e. The summed E-state index contributed by atoms with van der Waals surface area (Å²) in [5.74, 6) is 0.608. The van der Waals surface area contributed by atoms with Crippen LogP contribution in [0, 0.1) is 6.92 Å². The van der Waals surface area contributed by atoms with Crippen LogP contribution in [0.15, 0.2) is 22.7 Å². The molecule has 7 heteroatoms. The number of carbonyl (C=O) groups is 1. The van der Waals surface area contributed by atoms with Crippen molar-refractivity contribution < 1.29 is 9.53 Å². The monoisotopic (exact) mass is 364 g/mol. The highest BCUT2D eigenvalue weighted by molar-refractivity contribution is 9.10. The Hall–Kier alpha value is -2.15. The molecule has 1 aromatic carbocycles. The average molecular weight is 365 g/mol. The third-order valence-corrected chi connectivity index (χ3v) is 3.72. The van der Waals surface area contributed by atoms with Gasteiger partial charge in [0, 0.05) is 12.1 Å². The van der Waals surface area contributed by atoms with Crippen molar-refractivity contribution in [2.45, 2.75) is 13.8 Å². The lowest BCUT2D eigenvalue weighted by Crippen LogP contribution is -2.25. The number of aromatic nitrogens is 2. The van der Waals surface area contributed by atoms with E-state index in [9.17, 15) is 4.79 Å². The maximum atomic E-state index is 12.3. The number of nitrogen functional groups attached to an aromatic ring is 1. The normalized spacial score (nSPS) is 10.4.